The number of hydrogen-bond acceptors (Lipinski definition) is 3. The van der Waals surface area contributed by atoms with Gasteiger partial charge in [0.05, 0.1) is 5.56 Å². The van der Waals surface area contributed by atoms with Gasteiger partial charge in [0.15, 0.2) is 0 Å². The van der Waals surface area contributed by atoms with Crippen molar-refractivity contribution in [2.24, 2.45) is 0 Å². The molecule has 0 heterocycles. The van der Waals surface area contributed by atoms with Crippen molar-refractivity contribution in [1.82, 2.24) is 0 Å². The van der Waals surface area contributed by atoms with Crippen molar-refractivity contribution in [3.8, 4) is 0 Å². The Kier molecular flexibility index (Phi) is 3.01. The predicted molar refractivity (Wildman–Crippen MR) is 60.3 cm³/mol. The molecule has 0 saturated carbocycles. The summed E-state index contributed by atoms with van der Waals surface area (Å²) >= 11 is 3.53. The minimum atomic E-state index is -0.179. The molecule has 0 aliphatic heterocycles. The zero-order chi connectivity index (χ0) is 10.7. The lowest BCUT2D eigenvalue weighted by molar-refractivity contribution is -0.773. The highest BCUT2D eigenvalue weighted by Gasteiger charge is 2.13. The van der Waals surface area contributed by atoms with Gasteiger partial charge in [-0.1, -0.05) is 36.4 Å². The minimum absolute atomic E-state index is 0.179. The van der Waals surface area contributed by atoms with E-state index in [0.717, 1.165) is 16.3 Å². The van der Waals surface area contributed by atoms with Gasteiger partial charge < -0.3 is 0 Å². The Morgan fingerprint density at radius 3 is 2.67 bits per heavy atom. The SMILES string of the molecule is O=C([NH2+]OS)c1cccc2ccccc12. The van der Waals surface area contributed by atoms with E-state index in [1.807, 2.05) is 36.4 Å². The van der Waals surface area contributed by atoms with Crippen molar-refractivity contribution in [1.29, 1.82) is 0 Å². The van der Waals surface area contributed by atoms with E-state index in [0.29, 0.717) is 5.56 Å². The molecule has 2 aromatic rings. The van der Waals surface area contributed by atoms with Gasteiger partial charge in [-0.05, 0) is 16.8 Å². The van der Waals surface area contributed by atoms with Gasteiger partial charge in [0.25, 0.3) is 0 Å². The first-order valence-electron chi connectivity index (χ1n) is 4.48. The van der Waals surface area contributed by atoms with Crippen LogP contribution in [0.2, 0.25) is 0 Å². The molecule has 2 aromatic carbocycles. The van der Waals surface area contributed by atoms with Crippen molar-refractivity contribution in [3.05, 3.63) is 48.0 Å². The summed E-state index contributed by atoms with van der Waals surface area (Å²) in [7, 11) is 0. The van der Waals surface area contributed by atoms with Crippen LogP contribution in [0.5, 0.6) is 0 Å². The van der Waals surface area contributed by atoms with Gasteiger partial charge in [-0.2, -0.15) is 0 Å². The molecular formula is C11H10NO2S+. The monoisotopic (exact) mass is 220 g/mol. The molecule has 0 aromatic heterocycles. The smallest absolute Gasteiger partial charge is 0.222 e. The highest BCUT2D eigenvalue weighted by Crippen LogP contribution is 2.17. The first-order valence-corrected chi connectivity index (χ1v) is 4.85. The van der Waals surface area contributed by atoms with Crippen LogP contribution in [0.15, 0.2) is 42.5 Å². The second kappa shape index (κ2) is 4.44. The van der Waals surface area contributed by atoms with E-state index in [4.69, 9.17) is 0 Å². The van der Waals surface area contributed by atoms with Crippen LogP contribution >= 0.6 is 12.9 Å². The Morgan fingerprint density at radius 1 is 1.13 bits per heavy atom. The zero-order valence-corrected chi connectivity index (χ0v) is 8.78. The van der Waals surface area contributed by atoms with Crippen molar-refractivity contribution >= 4 is 29.6 Å². The molecular weight excluding hydrogens is 210 g/mol. The van der Waals surface area contributed by atoms with Gasteiger partial charge in [-0.15, -0.1) is 9.76 Å². The van der Waals surface area contributed by atoms with E-state index in [2.05, 4.69) is 17.2 Å². The molecule has 0 aliphatic rings. The van der Waals surface area contributed by atoms with Crippen LogP contribution in [0.4, 0.5) is 0 Å². The number of nitrogens with two attached hydrogens (primary N) is 1. The van der Waals surface area contributed by atoms with Crippen LogP contribution in [0.1, 0.15) is 10.4 Å². The topological polar surface area (TPSA) is 42.9 Å². The summed E-state index contributed by atoms with van der Waals surface area (Å²) in [5.41, 5.74) is 1.72. The van der Waals surface area contributed by atoms with Crippen molar-refractivity contribution in [3.63, 3.8) is 0 Å². The minimum Gasteiger partial charge on any atom is -0.222 e. The van der Waals surface area contributed by atoms with Crippen LogP contribution in [0.25, 0.3) is 10.8 Å². The molecule has 0 saturated heterocycles. The van der Waals surface area contributed by atoms with E-state index in [1.54, 1.807) is 6.07 Å². The van der Waals surface area contributed by atoms with Gasteiger partial charge in [0.2, 0.25) is 0 Å². The normalized spacial score (nSPS) is 10.5. The highest BCUT2D eigenvalue weighted by atomic mass is 32.1. The zero-order valence-electron chi connectivity index (χ0n) is 7.88. The molecule has 0 fully saturated rings. The largest absolute Gasteiger partial charge is 0.376 e. The first kappa shape index (κ1) is 10.2. The summed E-state index contributed by atoms with van der Waals surface area (Å²) in [6, 6.07) is 13.3. The Labute approximate surface area is 92.6 Å². The number of quaternary nitrogens is 1. The lowest BCUT2D eigenvalue weighted by Gasteiger charge is -2.01. The van der Waals surface area contributed by atoms with E-state index in [1.165, 1.54) is 0 Å². The summed E-state index contributed by atoms with van der Waals surface area (Å²) in [6.07, 6.45) is 0. The fraction of sp³-hybridized carbons (Fsp3) is 0. The number of amides is 1. The van der Waals surface area contributed by atoms with Crippen molar-refractivity contribution < 1.29 is 14.6 Å². The molecule has 0 aliphatic carbocycles. The summed E-state index contributed by atoms with van der Waals surface area (Å²) in [4.78, 5) is 11.6. The molecule has 2 N–H and O–H groups in total. The van der Waals surface area contributed by atoms with Gasteiger partial charge in [-0.25, -0.2) is 4.79 Å². The van der Waals surface area contributed by atoms with E-state index in [9.17, 15) is 4.79 Å². The molecule has 0 unspecified atom stereocenters. The maximum absolute atomic E-state index is 11.6. The molecule has 2 rings (SSSR count). The highest BCUT2D eigenvalue weighted by molar-refractivity contribution is 7.74. The average molecular weight is 220 g/mol. The molecule has 76 valence electrons. The summed E-state index contributed by atoms with van der Waals surface area (Å²) in [5.74, 6) is -0.179. The maximum atomic E-state index is 11.6. The number of hydrogen-bond donors (Lipinski definition) is 2. The predicted octanol–water partition coefficient (Wildman–Crippen LogP) is 1.32. The third-order valence-corrected chi connectivity index (χ3v) is 2.32. The van der Waals surface area contributed by atoms with Gasteiger partial charge >= 0.3 is 5.91 Å². The second-order valence-corrected chi connectivity index (χ2v) is 3.33. The van der Waals surface area contributed by atoms with Crippen LogP contribution in [0, 0.1) is 0 Å². The summed E-state index contributed by atoms with van der Waals surface area (Å²) < 4.78 is 4.43. The van der Waals surface area contributed by atoms with Gasteiger partial charge in [0, 0.05) is 12.9 Å². The Balaban J connectivity index is 2.56. The second-order valence-electron chi connectivity index (χ2n) is 3.11. The molecule has 1 amide bonds. The van der Waals surface area contributed by atoms with Crippen LogP contribution in [-0.4, -0.2) is 5.91 Å². The number of hydroxylamine groups is 1. The molecule has 3 nitrogen and oxygen atoms in total. The first-order chi connectivity index (χ1) is 7.33. The van der Waals surface area contributed by atoms with Gasteiger partial charge in [0.1, 0.15) is 0 Å². The third-order valence-electron chi connectivity index (χ3n) is 2.21. The maximum Gasteiger partial charge on any atom is 0.376 e. The molecule has 0 radical (unpaired) electrons. The fourth-order valence-electron chi connectivity index (χ4n) is 1.55. The fourth-order valence-corrected chi connectivity index (χ4v) is 1.65. The van der Waals surface area contributed by atoms with Crippen molar-refractivity contribution in [2.75, 3.05) is 0 Å². The van der Waals surface area contributed by atoms with Crippen LogP contribution < -0.4 is 5.48 Å². The van der Waals surface area contributed by atoms with Gasteiger partial charge in [-0.3, -0.25) is 0 Å². The number of thiol groups is 1. The average Bonchev–Trinajstić information content (AvgIpc) is 2.28. The van der Waals surface area contributed by atoms with E-state index in [-0.39, 0.29) is 5.91 Å². The molecule has 0 atom stereocenters. The number of benzene rings is 2. The summed E-state index contributed by atoms with van der Waals surface area (Å²) in [5, 5.41) is 1.96. The molecule has 15 heavy (non-hydrogen) atoms. The number of carbonyl (C=O) groups is 1. The van der Waals surface area contributed by atoms with E-state index < -0.39 is 0 Å². The van der Waals surface area contributed by atoms with Crippen molar-refractivity contribution in [2.45, 2.75) is 0 Å². The molecule has 0 bridgehead atoms. The van der Waals surface area contributed by atoms with Crippen LogP contribution in [-0.2, 0) is 4.28 Å². The summed E-state index contributed by atoms with van der Waals surface area (Å²) in [6.45, 7) is 0. The lowest BCUT2D eigenvalue weighted by atomic mass is 10.0. The third kappa shape index (κ3) is 2.02. The standard InChI is InChI=1S/C11H9NO2S/c13-11(12-14-15)10-7-3-5-8-4-1-2-6-9(8)10/h1-7,15H,(H,12,13)/p+1. The number of primary amides is 1. The van der Waals surface area contributed by atoms with E-state index >= 15 is 0 Å². The molecule has 0 spiro atoms. The Bertz CT molecular complexity index is 493. The quantitative estimate of drug-likeness (QED) is 0.455. The lowest BCUT2D eigenvalue weighted by Crippen LogP contribution is -2.85. The van der Waals surface area contributed by atoms with Crippen LogP contribution in [0.3, 0.4) is 0 Å². The number of carbonyl (C=O) groups excluding carboxylic acids is 1. The molecule has 4 heteroatoms. The Hall–Kier alpha value is -1.36. The number of fused-ring (bicyclic) bond motifs is 1. The Morgan fingerprint density at radius 2 is 1.87 bits per heavy atom. The number of rotatable bonds is 2.